The second kappa shape index (κ2) is 5.31. The summed E-state index contributed by atoms with van der Waals surface area (Å²) in [5.74, 6) is 0.868. The molecule has 1 aliphatic carbocycles. The summed E-state index contributed by atoms with van der Waals surface area (Å²) in [4.78, 5) is 7.03. The SMILES string of the molecule is CNCc1coc(N2CCC[C@H]3CCCC[C@H]32)n1. The molecule has 2 heterocycles. The Morgan fingerprint density at radius 1 is 1.33 bits per heavy atom. The van der Waals surface area contributed by atoms with E-state index in [9.17, 15) is 0 Å². The van der Waals surface area contributed by atoms with Crippen molar-refractivity contribution >= 4 is 6.01 Å². The smallest absolute Gasteiger partial charge is 0.297 e. The van der Waals surface area contributed by atoms with E-state index < -0.39 is 0 Å². The van der Waals surface area contributed by atoms with Gasteiger partial charge in [0.2, 0.25) is 0 Å². The largest absolute Gasteiger partial charge is 0.432 e. The molecule has 1 aromatic rings. The first-order chi connectivity index (χ1) is 8.88. The number of hydrogen-bond donors (Lipinski definition) is 1. The number of piperidine rings is 1. The third kappa shape index (κ3) is 2.26. The van der Waals surface area contributed by atoms with E-state index in [0.29, 0.717) is 6.04 Å². The first-order valence-electron chi connectivity index (χ1n) is 7.24. The summed E-state index contributed by atoms with van der Waals surface area (Å²) in [6.45, 7) is 1.89. The summed E-state index contributed by atoms with van der Waals surface area (Å²) in [6.07, 6.45) is 9.95. The summed E-state index contributed by atoms with van der Waals surface area (Å²) in [7, 11) is 1.94. The van der Waals surface area contributed by atoms with Gasteiger partial charge in [0.05, 0.1) is 5.69 Å². The molecule has 100 valence electrons. The summed E-state index contributed by atoms with van der Waals surface area (Å²) in [5.41, 5.74) is 1.01. The van der Waals surface area contributed by atoms with Gasteiger partial charge in [0.25, 0.3) is 6.01 Å². The number of anilines is 1. The van der Waals surface area contributed by atoms with Gasteiger partial charge in [-0.15, -0.1) is 0 Å². The van der Waals surface area contributed by atoms with Crippen LogP contribution in [0, 0.1) is 5.92 Å². The van der Waals surface area contributed by atoms with Crippen molar-refractivity contribution in [2.75, 3.05) is 18.5 Å². The van der Waals surface area contributed by atoms with Gasteiger partial charge in [0.1, 0.15) is 6.26 Å². The maximum Gasteiger partial charge on any atom is 0.297 e. The highest BCUT2D eigenvalue weighted by Gasteiger charge is 2.35. The Morgan fingerprint density at radius 2 is 2.17 bits per heavy atom. The Hall–Kier alpha value is -1.03. The molecule has 1 aliphatic heterocycles. The van der Waals surface area contributed by atoms with Crippen LogP contribution in [0.3, 0.4) is 0 Å². The fourth-order valence-electron chi connectivity index (χ4n) is 3.55. The fourth-order valence-corrected chi connectivity index (χ4v) is 3.55. The van der Waals surface area contributed by atoms with Crippen LogP contribution in [0.15, 0.2) is 10.7 Å². The highest BCUT2D eigenvalue weighted by Crippen LogP contribution is 2.37. The maximum absolute atomic E-state index is 5.68. The molecule has 4 heteroatoms. The minimum absolute atomic E-state index is 0.675. The van der Waals surface area contributed by atoms with E-state index in [2.05, 4.69) is 15.2 Å². The minimum Gasteiger partial charge on any atom is -0.432 e. The van der Waals surface area contributed by atoms with Crippen LogP contribution in [-0.4, -0.2) is 24.6 Å². The zero-order chi connectivity index (χ0) is 12.4. The van der Waals surface area contributed by atoms with Gasteiger partial charge in [0.15, 0.2) is 0 Å². The van der Waals surface area contributed by atoms with Crippen LogP contribution in [0.4, 0.5) is 6.01 Å². The molecule has 1 aromatic heterocycles. The zero-order valence-corrected chi connectivity index (χ0v) is 11.2. The number of aromatic nitrogens is 1. The number of oxazole rings is 1. The van der Waals surface area contributed by atoms with Gasteiger partial charge in [-0.3, -0.25) is 0 Å². The van der Waals surface area contributed by atoms with Crippen LogP contribution in [0.5, 0.6) is 0 Å². The molecular weight excluding hydrogens is 226 g/mol. The molecule has 1 N–H and O–H groups in total. The van der Waals surface area contributed by atoms with E-state index in [1.807, 2.05) is 7.05 Å². The van der Waals surface area contributed by atoms with E-state index >= 15 is 0 Å². The quantitative estimate of drug-likeness (QED) is 0.894. The summed E-state index contributed by atoms with van der Waals surface area (Å²) < 4.78 is 5.68. The van der Waals surface area contributed by atoms with Crippen LogP contribution in [0.25, 0.3) is 0 Å². The van der Waals surface area contributed by atoms with Crippen molar-refractivity contribution in [1.82, 2.24) is 10.3 Å². The molecule has 1 saturated heterocycles. The molecule has 0 unspecified atom stereocenters. The van der Waals surface area contributed by atoms with Gasteiger partial charge in [-0.2, -0.15) is 4.98 Å². The van der Waals surface area contributed by atoms with Crippen molar-refractivity contribution in [2.24, 2.45) is 5.92 Å². The van der Waals surface area contributed by atoms with Gasteiger partial charge < -0.3 is 14.6 Å². The number of hydrogen-bond acceptors (Lipinski definition) is 4. The van der Waals surface area contributed by atoms with E-state index in [-0.39, 0.29) is 0 Å². The lowest BCUT2D eigenvalue weighted by Gasteiger charge is -2.43. The Kier molecular flexibility index (Phi) is 3.55. The standard InChI is InChI=1S/C14H23N3O/c1-15-9-12-10-18-14(16-12)17-8-4-6-11-5-2-3-7-13(11)17/h10-11,13,15H,2-9H2,1H3/t11-,13-/m1/s1. The van der Waals surface area contributed by atoms with Crippen molar-refractivity contribution in [3.05, 3.63) is 12.0 Å². The van der Waals surface area contributed by atoms with Crippen LogP contribution in [-0.2, 0) is 6.54 Å². The molecule has 2 atom stereocenters. The van der Waals surface area contributed by atoms with Crippen molar-refractivity contribution in [3.63, 3.8) is 0 Å². The highest BCUT2D eigenvalue weighted by atomic mass is 16.4. The summed E-state index contributed by atoms with van der Waals surface area (Å²) in [6, 6.07) is 1.52. The molecule has 2 fully saturated rings. The van der Waals surface area contributed by atoms with Crippen molar-refractivity contribution in [2.45, 2.75) is 51.1 Å². The number of nitrogens with one attached hydrogen (secondary N) is 1. The second-order valence-corrected chi connectivity index (χ2v) is 5.60. The molecule has 18 heavy (non-hydrogen) atoms. The predicted molar refractivity (Wildman–Crippen MR) is 71.6 cm³/mol. The molecule has 0 aromatic carbocycles. The average molecular weight is 249 g/mol. The summed E-state index contributed by atoms with van der Waals surface area (Å²) in [5, 5.41) is 3.12. The number of rotatable bonds is 3. The Balaban J connectivity index is 1.76. The first kappa shape index (κ1) is 12.0. The van der Waals surface area contributed by atoms with E-state index in [1.54, 1.807) is 6.26 Å². The Labute approximate surface area is 109 Å². The maximum atomic E-state index is 5.68. The van der Waals surface area contributed by atoms with Crippen LogP contribution >= 0.6 is 0 Å². The third-order valence-electron chi connectivity index (χ3n) is 4.39. The highest BCUT2D eigenvalue weighted by molar-refractivity contribution is 5.31. The average Bonchev–Trinajstić information content (AvgIpc) is 2.87. The van der Waals surface area contributed by atoms with Crippen LogP contribution in [0.1, 0.15) is 44.2 Å². The van der Waals surface area contributed by atoms with Gasteiger partial charge >= 0.3 is 0 Å². The van der Waals surface area contributed by atoms with Crippen LogP contribution in [0.2, 0.25) is 0 Å². The summed E-state index contributed by atoms with van der Waals surface area (Å²) >= 11 is 0. The van der Waals surface area contributed by atoms with E-state index in [0.717, 1.165) is 30.7 Å². The number of fused-ring (bicyclic) bond motifs is 1. The Bertz CT molecular complexity index is 388. The second-order valence-electron chi connectivity index (χ2n) is 5.60. The minimum atomic E-state index is 0.675. The van der Waals surface area contributed by atoms with E-state index in [4.69, 9.17) is 4.42 Å². The lowest BCUT2D eigenvalue weighted by atomic mass is 9.78. The lowest BCUT2D eigenvalue weighted by Crippen LogP contribution is -2.47. The Morgan fingerprint density at radius 3 is 3.06 bits per heavy atom. The van der Waals surface area contributed by atoms with Crippen LogP contribution < -0.4 is 10.2 Å². The fraction of sp³-hybridized carbons (Fsp3) is 0.786. The zero-order valence-electron chi connectivity index (χ0n) is 11.2. The molecule has 0 spiro atoms. The topological polar surface area (TPSA) is 41.3 Å². The van der Waals surface area contributed by atoms with Crippen molar-refractivity contribution in [1.29, 1.82) is 0 Å². The molecular formula is C14H23N3O. The lowest BCUT2D eigenvalue weighted by molar-refractivity contribution is 0.235. The van der Waals surface area contributed by atoms with Crippen molar-refractivity contribution < 1.29 is 4.42 Å². The molecule has 2 aliphatic rings. The van der Waals surface area contributed by atoms with Gasteiger partial charge in [-0.25, -0.2) is 0 Å². The van der Waals surface area contributed by atoms with Crippen molar-refractivity contribution in [3.8, 4) is 0 Å². The van der Waals surface area contributed by atoms with Gasteiger partial charge in [0, 0.05) is 19.1 Å². The van der Waals surface area contributed by atoms with Gasteiger partial charge in [-0.05, 0) is 38.6 Å². The molecule has 4 nitrogen and oxygen atoms in total. The van der Waals surface area contributed by atoms with E-state index in [1.165, 1.54) is 38.5 Å². The monoisotopic (exact) mass is 249 g/mol. The third-order valence-corrected chi connectivity index (χ3v) is 4.39. The molecule has 0 amide bonds. The molecule has 0 bridgehead atoms. The first-order valence-corrected chi connectivity index (χ1v) is 7.24. The molecule has 1 saturated carbocycles. The number of nitrogens with zero attached hydrogens (tertiary/aromatic N) is 2. The normalized spacial score (nSPS) is 28.2. The molecule has 0 radical (unpaired) electrons. The predicted octanol–water partition coefficient (Wildman–Crippen LogP) is 2.55. The molecule has 3 rings (SSSR count). The van der Waals surface area contributed by atoms with Gasteiger partial charge in [-0.1, -0.05) is 12.8 Å².